The van der Waals surface area contributed by atoms with E-state index in [1.807, 2.05) is 37.3 Å². The van der Waals surface area contributed by atoms with Crippen LogP contribution in [0, 0.1) is 0 Å². The summed E-state index contributed by atoms with van der Waals surface area (Å²) in [6.45, 7) is 2.29. The van der Waals surface area contributed by atoms with Crippen molar-refractivity contribution in [2.75, 3.05) is 6.61 Å². The van der Waals surface area contributed by atoms with Gasteiger partial charge < -0.3 is 14.8 Å². The van der Waals surface area contributed by atoms with Crippen LogP contribution in [0.3, 0.4) is 0 Å². The summed E-state index contributed by atoms with van der Waals surface area (Å²) in [4.78, 5) is 19.1. The normalized spacial score (nSPS) is 11.1. The van der Waals surface area contributed by atoms with Gasteiger partial charge in [-0.15, -0.1) is 5.10 Å². The lowest BCUT2D eigenvalue weighted by Gasteiger charge is -2.09. The van der Waals surface area contributed by atoms with E-state index in [9.17, 15) is 9.90 Å². The van der Waals surface area contributed by atoms with Crippen molar-refractivity contribution in [1.29, 1.82) is 0 Å². The number of aromatic amines is 2. The summed E-state index contributed by atoms with van der Waals surface area (Å²) in [7, 11) is 0. The third-order valence-corrected chi connectivity index (χ3v) is 5.41. The number of benzene rings is 3. The van der Waals surface area contributed by atoms with Gasteiger partial charge in [0.15, 0.2) is 5.82 Å². The number of aromatic nitrogens is 6. The standard InChI is InChI=1S/C24H20N6O3/c1-2-33-24-25-20-16(11-12-19(23(31)32)21(20)26-24)13-14-7-9-15(10-8-14)17-5-3-4-6-18(17)22-27-29-30-28-22/h3-12H,2,13H2,1H3,(H,25,26)(H,31,32)(H,27,28,29,30). The molecule has 0 atom stereocenters. The Kier molecular flexibility index (Phi) is 5.27. The zero-order chi connectivity index (χ0) is 22.8. The van der Waals surface area contributed by atoms with E-state index in [2.05, 4.69) is 54.9 Å². The molecule has 0 spiro atoms. The number of rotatable bonds is 7. The average molecular weight is 440 g/mol. The molecule has 5 aromatic rings. The van der Waals surface area contributed by atoms with Gasteiger partial charge in [-0.3, -0.25) is 0 Å². The monoisotopic (exact) mass is 440 g/mol. The van der Waals surface area contributed by atoms with Crippen molar-refractivity contribution in [3.8, 4) is 28.5 Å². The largest absolute Gasteiger partial charge is 0.478 e. The number of hydrogen-bond donors (Lipinski definition) is 3. The molecule has 164 valence electrons. The Morgan fingerprint density at radius 3 is 2.52 bits per heavy atom. The third-order valence-electron chi connectivity index (χ3n) is 5.41. The number of nitrogens with zero attached hydrogens (tertiary/aromatic N) is 4. The van der Waals surface area contributed by atoms with Gasteiger partial charge in [0.2, 0.25) is 0 Å². The zero-order valence-electron chi connectivity index (χ0n) is 17.7. The number of carboxylic acid groups (broad SMARTS) is 1. The highest BCUT2D eigenvalue weighted by atomic mass is 16.5. The van der Waals surface area contributed by atoms with Gasteiger partial charge in [0.05, 0.1) is 23.2 Å². The second kappa shape index (κ2) is 8.54. The predicted octanol–water partition coefficient (Wildman–Crippen LogP) is 4.10. The Balaban J connectivity index is 1.47. The van der Waals surface area contributed by atoms with Gasteiger partial charge in [0.25, 0.3) is 6.01 Å². The summed E-state index contributed by atoms with van der Waals surface area (Å²) < 4.78 is 5.46. The molecule has 0 amide bonds. The molecular formula is C24H20N6O3. The molecule has 2 heterocycles. The number of H-pyrrole nitrogens is 2. The molecule has 0 unspecified atom stereocenters. The fourth-order valence-corrected chi connectivity index (χ4v) is 3.89. The molecule has 0 saturated heterocycles. The number of ether oxygens (including phenoxy) is 1. The Hall–Kier alpha value is -4.53. The molecule has 9 heteroatoms. The predicted molar refractivity (Wildman–Crippen MR) is 122 cm³/mol. The van der Waals surface area contributed by atoms with Crippen LogP contribution in [0.4, 0.5) is 0 Å². The molecule has 5 rings (SSSR count). The average Bonchev–Trinajstić information content (AvgIpc) is 3.50. The molecule has 9 nitrogen and oxygen atoms in total. The van der Waals surface area contributed by atoms with E-state index in [4.69, 9.17) is 4.74 Å². The molecule has 2 aromatic heterocycles. The van der Waals surface area contributed by atoms with Gasteiger partial charge >= 0.3 is 5.97 Å². The first kappa shape index (κ1) is 20.4. The van der Waals surface area contributed by atoms with Crippen LogP contribution in [0.1, 0.15) is 28.4 Å². The minimum Gasteiger partial charge on any atom is -0.478 e. The van der Waals surface area contributed by atoms with E-state index in [1.54, 1.807) is 6.07 Å². The minimum absolute atomic E-state index is 0.168. The fourth-order valence-electron chi connectivity index (χ4n) is 3.89. The third kappa shape index (κ3) is 3.91. The zero-order valence-corrected chi connectivity index (χ0v) is 17.7. The van der Waals surface area contributed by atoms with E-state index in [0.29, 0.717) is 35.9 Å². The lowest BCUT2D eigenvalue weighted by molar-refractivity contribution is 0.0699. The summed E-state index contributed by atoms with van der Waals surface area (Å²) in [6.07, 6.45) is 0.598. The summed E-state index contributed by atoms with van der Waals surface area (Å²) in [6, 6.07) is 19.9. The number of carbonyl (C=O) groups is 1. The lowest BCUT2D eigenvalue weighted by Crippen LogP contribution is -1.99. The number of tetrazole rings is 1. The first-order chi connectivity index (χ1) is 16.1. The Labute approximate surface area is 188 Å². The molecule has 3 N–H and O–H groups in total. The van der Waals surface area contributed by atoms with E-state index >= 15 is 0 Å². The minimum atomic E-state index is -1.01. The van der Waals surface area contributed by atoms with Gasteiger partial charge in [-0.05, 0) is 52.1 Å². The second-order valence-electron chi connectivity index (χ2n) is 7.45. The van der Waals surface area contributed by atoms with Gasteiger partial charge in [0.1, 0.15) is 0 Å². The van der Waals surface area contributed by atoms with Crippen molar-refractivity contribution in [3.63, 3.8) is 0 Å². The van der Waals surface area contributed by atoms with Gasteiger partial charge in [-0.2, -0.15) is 4.98 Å². The molecule has 0 radical (unpaired) electrons. The number of fused-ring (bicyclic) bond motifs is 1. The Morgan fingerprint density at radius 2 is 1.82 bits per heavy atom. The molecule has 0 aliphatic rings. The van der Waals surface area contributed by atoms with Crippen LogP contribution in [0.5, 0.6) is 6.01 Å². The van der Waals surface area contributed by atoms with Crippen LogP contribution < -0.4 is 4.74 Å². The second-order valence-corrected chi connectivity index (χ2v) is 7.45. The summed E-state index contributed by atoms with van der Waals surface area (Å²) in [5.41, 5.74) is 6.20. The van der Waals surface area contributed by atoms with Crippen LogP contribution in [-0.2, 0) is 6.42 Å². The maximum atomic E-state index is 11.6. The van der Waals surface area contributed by atoms with Crippen molar-refractivity contribution in [2.45, 2.75) is 13.3 Å². The molecular weight excluding hydrogens is 420 g/mol. The van der Waals surface area contributed by atoms with Crippen LogP contribution in [0.15, 0.2) is 60.7 Å². The van der Waals surface area contributed by atoms with E-state index in [-0.39, 0.29) is 5.56 Å². The topological polar surface area (TPSA) is 130 Å². The molecule has 0 aliphatic heterocycles. The van der Waals surface area contributed by atoms with Gasteiger partial charge in [0, 0.05) is 5.56 Å². The number of imidazole rings is 1. The molecule has 0 aliphatic carbocycles. The quantitative estimate of drug-likeness (QED) is 0.347. The number of aromatic carboxylic acids is 1. The summed E-state index contributed by atoms with van der Waals surface area (Å²) >= 11 is 0. The highest BCUT2D eigenvalue weighted by molar-refractivity contribution is 6.02. The van der Waals surface area contributed by atoms with Crippen molar-refractivity contribution < 1.29 is 14.6 Å². The number of carboxylic acids is 1. The van der Waals surface area contributed by atoms with Crippen LogP contribution >= 0.6 is 0 Å². The van der Waals surface area contributed by atoms with Gasteiger partial charge in [-0.25, -0.2) is 9.89 Å². The molecule has 33 heavy (non-hydrogen) atoms. The van der Waals surface area contributed by atoms with E-state index < -0.39 is 5.97 Å². The molecule has 0 saturated carbocycles. The summed E-state index contributed by atoms with van der Waals surface area (Å²) in [5, 5.41) is 23.7. The first-order valence-corrected chi connectivity index (χ1v) is 10.4. The number of nitrogens with one attached hydrogen (secondary N) is 2. The Bertz CT molecular complexity index is 1420. The van der Waals surface area contributed by atoms with E-state index in [0.717, 1.165) is 27.8 Å². The Morgan fingerprint density at radius 1 is 1.03 bits per heavy atom. The van der Waals surface area contributed by atoms with E-state index in [1.165, 1.54) is 0 Å². The van der Waals surface area contributed by atoms with Crippen molar-refractivity contribution >= 4 is 17.0 Å². The van der Waals surface area contributed by atoms with Crippen LogP contribution in [0.2, 0.25) is 0 Å². The molecule has 0 bridgehead atoms. The maximum absolute atomic E-state index is 11.6. The fraction of sp³-hybridized carbons (Fsp3) is 0.125. The SMILES string of the molecule is CCOc1nc2c(Cc3ccc(-c4ccccc4-c4nnn[nH]4)cc3)ccc(C(=O)O)c2[nH]1. The van der Waals surface area contributed by atoms with Gasteiger partial charge in [-0.1, -0.05) is 54.6 Å². The molecule has 0 fully saturated rings. The lowest BCUT2D eigenvalue weighted by atomic mass is 9.96. The smallest absolute Gasteiger partial charge is 0.337 e. The maximum Gasteiger partial charge on any atom is 0.337 e. The highest BCUT2D eigenvalue weighted by Gasteiger charge is 2.17. The first-order valence-electron chi connectivity index (χ1n) is 10.4. The number of hydrogen-bond acceptors (Lipinski definition) is 6. The van der Waals surface area contributed by atoms with Crippen molar-refractivity contribution in [1.82, 2.24) is 30.6 Å². The van der Waals surface area contributed by atoms with Crippen molar-refractivity contribution in [3.05, 3.63) is 77.4 Å². The summed E-state index contributed by atoms with van der Waals surface area (Å²) in [5.74, 6) is -0.401. The highest BCUT2D eigenvalue weighted by Crippen LogP contribution is 2.31. The van der Waals surface area contributed by atoms with Crippen LogP contribution in [-0.4, -0.2) is 48.3 Å². The van der Waals surface area contributed by atoms with Crippen LogP contribution in [0.25, 0.3) is 33.5 Å². The van der Waals surface area contributed by atoms with Crippen molar-refractivity contribution in [2.24, 2.45) is 0 Å². The molecule has 3 aromatic carbocycles.